The average molecular weight is 287 g/mol. The maximum Gasteiger partial charge on any atom is 0.254 e. The number of nitrogen functional groups attached to an aromatic ring is 1. The Morgan fingerprint density at radius 3 is 2.43 bits per heavy atom. The molecule has 2 N–H and O–H groups in total. The van der Waals surface area contributed by atoms with Gasteiger partial charge >= 0.3 is 0 Å². The van der Waals surface area contributed by atoms with Crippen LogP contribution < -0.4 is 5.73 Å². The summed E-state index contributed by atoms with van der Waals surface area (Å²) in [5.74, 6) is 0.116. The van der Waals surface area contributed by atoms with E-state index in [1.807, 2.05) is 23.1 Å². The first kappa shape index (κ1) is 14.4. The number of piperazine rings is 1. The maximum absolute atomic E-state index is 12.5. The molecule has 0 unspecified atom stereocenters. The molecule has 0 bridgehead atoms. The van der Waals surface area contributed by atoms with Gasteiger partial charge in [0.2, 0.25) is 0 Å². The zero-order chi connectivity index (χ0) is 14.7. The van der Waals surface area contributed by atoms with Crippen LogP contribution in [0.15, 0.2) is 24.3 Å². The first-order valence-corrected chi connectivity index (χ1v) is 8.13. The molecule has 0 atom stereocenters. The Balaban J connectivity index is 1.56. The molecule has 21 heavy (non-hydrogen) atoms. The van der Waals surface area contributed by atoms with Gasteiger partial charge in [0.1, 0.15) is 0 Å². The number of carbonyl (C=O) groups excluding carboxylic acids is 1. The highest BCUT2D eigenvalue weighted by atomic mass is 16.2. The molecule has 4 heteroatoms. The van der Waals surface area contributed by atoms with Crippen LogP contribution in [0.1, 0.15) is 42.5 Å². The summed E-state index contributed by atoms with van der Waals surface area (Å²) in [6, 6.07) is 8.05. The molecule has 1 amide bonds. The SMILES string of the molecule is Nc1cccc(C(=O)N2CCN(C3CCCCC3)CC2)c1. The van der Waals surface area contributed by atoms with E-state index < -0.39 is 0 Å². The van der Waals surface area contributed by atoms with Crippen molar-refractivity contribution in [3.05, 3.63) is 29.8 Å². The van der Waals surface area contributed by atoms with E-state index in [4.69, 9.17) is 5.73 Å². The lowest BCUT2D eigenvalue weighted by molar-refractivity contribution is 0.0523. The van der Waals surface area contributed by atoms with Crippen molar-refractivity contribution in [1.82, 2.24) is 9.80 Å². The van der Waals surface area contributed by atoms with Gasteiger partial charge in [-0.3, -0.25) is 9.69 Å². The van der Waals surface area contributed by atoms with Crippen LogP contribution in [0.4, 0.5) is 5.69 Å². The van der Waals surface area contributed by atoms with Crippen LogP contribution in [0, 0.1) is 0 Å². The van der Waals surface area contributed by atoms with Gasteiger partial charge in [-0.15, -0.1) is 0 Å². The zero-order valence-electron chi connectivity index (χ0n) is 12.6. The first-order valence-electron chi connectivity index (χ1n) is 8.13. The van der Waals surface area contributed by atoms with Crippen LogP contribution in [-0.2, 0) is 0 Å². The predicted molar refractivity (Wildman–Crippen MR) is 85.2 cm³/mol. The Kier molecular flexibility index (Phi) is 4.44. The van der Waals surface area contributed by atoms with Gasteiger partial charge in [-0.1, -0.05) is 25.3 Å². The second-order valence-corrected chi connectivity index (χ2v) is 6.25. The number of amides is 1. The summed E-state index contributed by atoms with van der Waals surface area (Å²) in [6.07, 6.45) is 6.80. The fraction of sp³-hybridized carbons (Fsp3) is 0.588. The number of carbonyl (C=O) groups is 1. The Bertz CT molecular complexity index is 489. The van der Waals surface area contributed by atoms with E-state index in [2.05, 4.69) is 4.90 Å². The lowest BCUT2D eigenvalue weighted by Crippen LogP contribution is -2.52. The third kappa shape index (κ3) is 3.38. The monoisotopic (exact) mass is 287 g/mol. The molecule has 2 fully saturated rings. The Hall–Kier alpha value is -1.55. The van der Waals surface area contributed by atoms with Crippen molar-refractivity contribution in [1.29, 1.82) is 0 Å². The maximum atomic E-state index is 12.5. The number of hydrogen-bond acceptors (Lipinski definition) is 3. The molecule has 1 saturated carbocycles. The summed E-state index contributed by atoms with van der Waals surface area (Å²) < 4.78 is 0. The van der Waals surface area contributed by atoms with Gasteiger partial charge in [0.05, 0.1) is 0 Å². The first-order chi connectivity index (χ1) is 10.2. The van der Waals surface area contributed by atoms with Crippen molar-refractivity contribution >= 4 is 11.6 Å². The van der Waals surface area contributed by atoms with E-state index in [1.165, 1.54) is 32.1 Å². The highest BCUT2D eigenvalue weighted by Crippen LogP contribution is 2.23. The lowest BCUT2D eigenvalue weighted by Gasteiger charge is -2.40. The Labute approximate surface area is 126 Å². The summed E-state index contributed by atoms with van der Waals surface area (Å²) >= 11 is 0. The average Bonchev–Trinajstić information content (AvgIpc) is 2.55. The molecule has 1 heterocycles. The number of rotatable bonds is 2. The predicted octanol–water partition coefficient (Wildman–Crippen LogP) is 2.36. The van der Waals surface area contributed by atoms with Gasteiger partial charge in [-0.25, -0.2) is 0 Å². The number of anilines is 1. The molecule has 0 spiro atoms. The van der Waals surface area contributed by atoms with Gasteiger partial charge in [0, 0.05) is 43.5 Å². The summed E-state index contributed by atoms with van der Waals surface area (Å²) in [5, 5.41) is 0. The molecular weight excluding hydrogens is 262 g/mol. The van der Waals surface area contributed by atoms with Gasteiger partial charge in [0.15, 0.2) is 0 Å². The second kappa shape index (κ2) is 6.48. The van der Waals surface area contributed by atoms with Crippen LogP contribution in [0.3, 0.4) is 0 Å². The zero-order valence-corrected chi connectivity index (χ0v) is 12.6. The standard InChI is InChI=1S/C17H25N3O/c18-15-6-4-5-14(13-15)17(21)20-11-9-19(10-12-20)16-7-2-1-3-8-16/h4-6,13,16H,1-3,7-12,18H2. The van der Waals surface area contributed by atoms with Gasteiger partial charge in [0.25, 0.3) is 5.91 Å². The molecule has 2 aliphatic rings. The Morgan fingerprint density at radius 1 is 1.05 bits per heavy atom. The molecule has 114 valence electrons. The molecule has 1 aromatic rings. The molecule has 1 aliphatic heterocycles. The van der Waals surface area contributed by atoms with Crippen LogP contribution in [0.2, 0.25) is 0 Å². The van der Waals surface area contributed by atoms with E-state index in [0.29, 0.717) is 11.3 Å². The van der Waals surface area contributed by atoms with Crippen molar-refractivity contribution in [3.8, 4) is 0 Å². The van der Waals surface area contributed by atoms with Crippen molar-refractivity contribution < 1.29 is 4.79 Å². The van der Waals surface area contributed by atoms with Gasteiger partial charge < -0.3 is 10.6 Å². The van der Waals surface area contributed by atoms with Gasteiger partial charge in [-0.2, -0.15) is 0 Å². The van der Waals surface area contributed by atoms with Crippen molar-refractivity contribution in [2.45, 2.75) is 38.1 Å². The largest absolute Gasteiger partial charge is 0.399 e. The molecule has 0 aromatic heterocycles. The van der Waals surface area contributed by atoms with Crippen LogP contribution >= 0.6 is 0 Å². The van der Waals surface area contributed by atoms with E-state index in [0.717, 1.165) is 32.2 Å². The normalized spacial score (nSPS) is 21.4. The summed E-state index contributed by atoms with van der Waals surface area (Å²) in [6.45, 7) is 3.70. The number of nitrogens with zero attached hydrogens (tertiary/aromatic N) is 2. The topological polar surface area (TPSA) is 49.6 Å². The van der Waals surface area contributed by atoms with Crippen LogP contribution in [-0.4, -0.2) is 47.9 Å². The highest BCUT2D eigenvalue weighted by Gasteiger charge is 2.27. The second-order valence-electron chi connectivity index (χ2n) is 6.25. The summed E-state index contributed by atoms with van der Waals surface area (Å²) in [5.41, 5.74) is 7.13. The summed E-state index contributed by atoms with van der Waals surface area (Å²) in [4.78, 5) is 17.0. The minimum Gasteiger partial charge on any atom is -0.399 e. The fourth-order valence-corrected chi connectivity index (χ4v) is 3.59. The fourth-order valence-electron chi connectivity index (χ4n) is 3.59. The van der Waals surface area contributed by atoms with Crippen LogP contribution in [0.5, 0.6) is 0 Å². The van der Waals surface area contributed by atoms with E-state index in [-0.39, 0.29) is 5.91 Å². The molecule has 1 aromatic carbocycles. The van der Waals surface area contributed by atoms with Crippen molar-refractivity contribution in [3.63, 3.8) is 0 Å². The quantitative estimate of drug-likeness (QED) is 0.850. The highest BCUT2D eigenvalue weighted by molar-refractivity contribution is 5.95. The molecule has 3 rings (SSSR count). The lowest BCUT2D eigenvalue weighted by atomic mass is 9.94. The minimum atomic E-state index is 0.116. The van der Waals surface area contributed by atoms with Gasteiger partial charge in [-0.05, 0) is 31.0 Å². The minimum absolute atomic E-state index is 0.116. The third-order valence-corrected chi connectivity index (χ3v) is 4.83. The third-order valence-electron chi connectivity index (χ3n) is 4.83. The Morgan fingerprint density at radius 2 is 1.76 bits per heavy atom. The molecule has 1 saturated heterocycles. The van der Waals surface area contributed by atoms with E-state index in [1.54, 1.807) is 6.07 Å². The van der Waals surface area contributed by atoms with Crippen molar-refractivity contribution in [2.75, 3.05) is 31.9 Å². The number of hydrogen-bond donors (Lipinski definition) is 1. The smallest absolute Gasteiger partial charge is 0.254 e. The number of benzene rings is 1. The molecular formula is C17H25N3O. The van der Waals surface area contributed by atoms with E-state index >= 15 is 0 Å². The molecule has 1 aliphatic carbocycles. The molecule has 0 radical (unpaired) electrons. The number of nitrogens with two attached hydrogens (primary N) is 1. The van der Waals surface area contributed by atoms with E-state index in [9.17, 15) is 4.79 Å². The van der Waals surface area contributed by atoms with Crippen LogP contribution in [0.25, 0.3) is 0 Å². The molecule has 4 nitrogen and oxygen atoms in total. The van der Waals surface area contributed by atoms with Crippen molar-refractivity contribution in [2.24, 2.45) is 0 Å². The summed E-state index contributed by atoms with van der Waals surface area (Å²) in [7, 11) is 0.